The molecule has 0 radical (unpaired) electrons. The molecule has 2 rings (SSSR count). The molecule has 0 spiro atoms. The highest BCUT2D eigenvalue weighted by atomic mass is 127. The predicted molar refractivity (Wildman–Crippen MR) is 90.4 cm³/mol. The van der Waals surface area contributed by atoms with Gasteiger partial charge in [-0.15, -0.1) is 0 Å². The summed E-state index contributed by atoms with van der Waals surface area (Å²) >= 11 is 5.59. The largest absolute Gasteiger partial charge is 0.376 e. The van der Waals surface area contributed by atoms with Gasteiger partial charge in [0.05, 0.1) is 6.54 Å². The van der Waals surface area contributed by atoms with Gasteiger partial charge in [-0.3, -0.25) is 4.79 Å². The number of amides is 1. The van der Waals surface area contributed by atoms with Gasteiger partial charge in [-0.05, 0) is 65.1 Å². The first-order valence-corrected chi connectivity index (χ1v) is 7.55. The van der Waals surface area contributed by atoms with Crippen LogP contribution in [-0.4, -0.2) is 12.5 Å². The maximum absolute atomic E-state index is 11.8. The lowest BCUT2D eigenvalue weighted by Gasteiger charge is -2.08. The summed E-state index contributed by atoms with van der Waals surface area (Å²) in [6.07, 6.45) is 0. The van der Waals surface area contributed by atoms with E-state index in [1.165, 1.54) is 0 Å². The van der Waals surface area contributed by atoms with E-state index in [0.717, 1.165) is 19.4 Å². The molecule has 2 N–H and O–H groups in total. The number of rotatable bonds is 4. The van der Waals surface area contributed by atoms with Gasteiger partial charge in [-0.1, -0.05) is 22.0 Å². The predicted octanol–water partition coefficient (Wildman–Crippen LogP) is 4.10. The van der Waals surface area contributed by atoms with Crippen molar-refractivity contribution >= 4 is 55.8 Å². The molecule has 0 fully saturated rings. The first-order chi connectivity index (χ1) is 9.13. The summed E-state index contributed by atoms with van der Waals surface area (Å²) in [7, 11) is 0. The number of carbonyl (C=O) groups excluding carboxylic acids is 1. The standard InChI is InChI=1S/C14H12BrIN2O/c15-10-4-6-12(7-5-10)18-14(19)9-17-13-3-1-2-11(16)8-13/h1-8,17H,9H2,(H,18,19). The Morgan fingerprint density at radius 3 is 2.53 bits per heavy atom. The van der Waals surface area contributed by atoms with Crippen molar-refractivity contribution in [1.82, 2.24) is 0 Å². The van der Waals surface area contributed by atoms with Crippen molar-refractivity contribution in [3.8, 4) is 0 Å². The quantitative estimate of drug-likeness (QED) is 0.717. The molecule has 0 aliphatic heterocycles. The Labute approximate surface area is 134 Å². The molecular weight excluding hydrogens is 419 g/mol. The van der Waals surface area contributed by atoms with Crippen LogP contribution in [0, 0.1) is 3.57 Å². The second kappa shape index (κ2) is 6.91. The molecule has 0 unspecified atom stereocenters. The van der Waals surface area contributed by atoms with Crippen LogP contribution < -0.4 is 10.6 Å². The minimum atomic E-state index is -0.0683. The molecule has 0 aromatic heterocycles. The zero-order valence-electron chi connectivity index (χ0n) is 9.99. The molecule has 98 valence electrons. The summed E-state index contributed by atoms with van der Waals surface area (Å²) in [6.45, 7) is 0.246. The average molecular weight is 431 g/mol. The van der Waals surface area contributed by atoms with Gasteiger partial charge in [0.1, 0.15) is 0 Å². The van der Waals surface area contributed by atoms with Crippen LogP contribution in [0.15, 0.2) is 53.0 Å². The Morgan fingerprint density at radius 1 is 1.11 bits per heavy atom. The molecule has 0 saturated heterocycles. The van der Waals surface area contributed by atoms with Crippen LogP contribution in [0.2, 0.25) is 0 Å². The maximum atomic E-state index is 11.8. The van der Waals surface area contributed by atoms with Gasteiger partial charge in [-0.2, -0.15) is 0 Å². The van der Waals surface area contributed by atoms with Crippen molar-refractivity contribution < 1.29 is 4.79 Å². The van der Waals surface area contributed by atoms with Crippen LogP contribution >= 0.6 is 38.5 Å². The third kappa shape index (κ3) is 4.83. The van der Waals surface area contributed by atoms with E-state index in [1.54, 1.807) is 0 Å². The molecule has 0 aliphatic rings. The fourth-order valence-electron chi connectivity index (χ4n) is 1.52. The molecular formula is C14H12BrIN2O. The Kier molecular flexibility index (Phi) is 5.21. The summed E-state index contributed by atoms with van der Waals surface area (Å²) in [5.74, 6) is -0.0683. The minimum absolute atomic E-state index is 0.0683. The van der Waals surface area contributed by atoms with E-state index in [1.807, 2.05) is 48.5 Å². The maximum Gasteiger partial charge on any atom is 0.243 e. The first kappa shape index (κ1) is 14.3. The second-order valence-corrected chi connectivity index (χ2v) is 6.08. The number of hydrogen-bond acceptors (Lipinski definition) is 2. The number of benzene rings is 2. The highest BCUT2D eigenvalue weighted by Crippen LogP contribution is 2.14. The van der Waals surface area contributed by atoms with Gasteiger partial charge in [0.15, 0.2) is 0 Å². The van der Waals surface area contributed by atoms with Gasteiger partial charge in [-0.25, -0.2) is 0 Å². The molecule has 0 bridgehead atoms. The Hall–Kier alpha value is -1.08. The summed E-state index contributed by atoms with van der Waals surface area (Å²) in [5.41, 5.74) is 1.73. The number of hydrogen-bond donors (Lipinski definition) is 2. The highest BCUT2D eigenvalue weighted by Gasteiger charge is 2.02. The summed E-state index contributed by atoms with van der Waals surface area (Å²) in [5, 5.41) is 5.92. The lowest BCUT2D eigenvalue weighted by atomic mass is 10.3. The summed E-state index contributed by atoms with van der Waals surface area (Å²) in [6, 6.07) is 15.4. The lowest BCUT2D eigenvalue weighted by Crippen LogP contribution is -2.21. The van der Waals surface area contributed by atoms with E-state index in [4.69, 9.17) is 0 Å². The zero-order valence-corrected chi connectivity index (χ0v) is 13.7. The van der Waals surface area contributed by atoms with Gasteiger partial charge in [0.2, 0.25) is 5.91 Å². The molecule has 2 aromatic rings. The molecule has 1 amide bonds. The van der Waals surface area contributed by atoms with E-state index >= 15 is 0 Å². The van der Waals surface area contributed by atoms with Gasteiger partial charge in [0.25, 0.3) is 0 Å². The third-order valence-corrected chi connectivity index (χ3v) is 3.61. The molecule has 5 heteroatoms. The van der Waals surface area contributed by atoms with E-state index in [9.17, 15) is 4.79 Å². The molecule has 3 nitrogen and oxygen atoms in total. The van der Waals surface area contributed by atoms with Crippen molar-refractivity contribution in [2.75, 3.05) is 17.2 Å². The molecule has 0 atom stereocenters. The van der Waals surface area contributed by atoms with Gasteiger partial charge in [0, 0.05) is 19.4 Å². The smallest absolute Gasteiger partial charge is 0.243 e. The minimum Gasteiger partial charge on any atom is -0.376 e. The average Bonchev–Trinajstić information content (AvgIpc) is 2.39. The van der Waals surface area contributed by atoms with E-state index < -0.39 is 0 Å². The van der Waals surface area contributed by atoms with E-state index in [-0.39, 0.29) is 12.5 Å². The monoisotopic (exact) mass is 430 g/mol. The van der Waals surface area contributed by atoms with Crippen molar-refractivity contribution in [3.63, 3.8) is 0 Å². The second-order valence-electron chi connectivity index (χ2n) is 3.92. The van der Waals surface area contributed by atoms with Crippen LogP contribution in [0.5, 0.6) is 0 Å². The van der Waals surface area contributed by atoms with Crippen LogP contribution in [0.3, 0.4) is 0 Å². The third-order valence-electron chi connectivity index (χ3n) is 2.41. The van der Waals surface area contributed by atoms with Gasteiger partial charge >= 0.3 is 0 Å². The highest BCUT2D eigenvalue weighted by molar-refractivity contribution is 14.1. The Balaban J connectivity index is 1.86. The lowest BCUT2D eigenvalue weighted by molar-refractivity contribution is -0.114. The number of nitrogens with one attached hydrogen (secondary N) is 2. The van der Waals surface area contributed by atoms with Crippen LogP contribution in [0.1, 0.15) is 0 Å². The first-order valence-electron chi connectivity index (χ1n) is 5.68. The fraction of sp³-hybridized carbons (Fsp3) is 0.0714. The Morgan fingerprint density at radius 2 is 1.84 bits per heavy atom. The Bertz CT molecular complexity index is 572. The van der Waals surface area contributed by atoms with Crippen molar-refractivity contribution in [1.29, 1.82) is 0 Å². The molecule has 2 aromatic carbocycles. The SMILES string of the molecule is O=C(CNc1cccc(I)c1)Nc1ccc(Br)cc1. The van der Waals surface area contributed by atoms with Gasteiger partial charge < -0.3 is 10.6 Å². The topological polar surface area (TPSA) is 41.1 Å². The fourth-order valence-corrected chi connectivity index (χ4v) is 2.33. The summed E-state index contributed by atoms with van der Waals surface area (Å²) in [4.78, 5) is 11.8. The van der Waals surface area contributed by atoms with Crippen LogP contribution in [0.4, 0.5) is 11.4 Å². The van der Waals surface area contributed by atoms with Crippen molar-refractivity contribution in [2.24, 2.45) is 0 Å². The van der Waals surface area contributed by atoms with Crippen LogP contribution in [-0.2, 0) is 4.79 Å². The summed E-state index contributed by atoms with van der Waals surface area (Å²) < 4.78 is 2.12. The zero-order chi connectivity index (χ0) is 13.7. The number of halogens is 2. The number of carbonyl (C=O) groups is 1. The van der Waals surface area contributed by atoms with Crippen LogP contribution in [0.25, 0.3) is 0 Å². The normalized spacial score (nSPS) is 10.0. The van der Waals surface area contributed by atoms with Crippen molar-refractivity contribution in [3.05, 3.63) is 56.6 Å². The molecule has 0 aliphatic carbocycles. The number of anilines is 2. The molecule has 0 heterocycles. The van der Waals surface area contributed by atoms with Crippen molar-refractivity contribution in [2.45, 2.75) is 0 Å². The molecule has 0 saturated carbocycles. The molecule has 19 heavy (non-hydrogen) atoms. The van der Waals surface area contributed by atoms with E-state index in [2.05, 4.69) is 49.2 Å². The van der Waals surface area contributed by atoms with E-state index in [0.29, 0.717) is 0 Å².